The first-order valence-corrected chi connectivity index (χ1v) is 5.69. The molecule has 0 spiro atoms. The van der Waals surface area contributed by atoms with Gasteiger partial charge in [0.2, 0.25) is 0 Å². The number of rotatable bonds is 4. The van der Waals surface area contributed by atoms with Gasteiger partial charge in [-0.15, -0.1) is 0 Å². The van der Waals surface area contributed by atoms with Crippen molar-refractivity contribution in [2.24, 2.45) is 5.73 Å². The van der Waals surface area contributed by atoms with Crippen molar-refractivity contribution in [3.05, 3.63) is 63.5 Å². The molecule has 0 aliphatic carbocycles. The topological polar surface area (TPSA) is 74.1 Å². The number of hydrogen-bond acceptors (Lipinski definition) is 3. The average Bonchev–Trinajstić information content (AvgIpc) is 2.79. The second kappa shape index (κ2) is 5.01. The second-order valence-corrected chi connectivity index (χ2v) is 4.21. The molecule has 5 heteroatoms. The average molecular weight is 245 g/mol. The molecule has 2 rings (SSSR count). The lowest BCUT2D eigenvalue weighted by molar-refractivity contribution is -0.385. The smallest absolute Gasteiger partial charge is 0.272 e. The predicted octanol–water partition coefficient (Wildman–Crippen LogP) is 2.21. The highest BCUT2D eigenvalue weighted by molar-refractivity contribution is 5.44. The summed E-state index contributed by atoms with van der Waals surface area (Å²) in [7, 11) is 0. The summed E-state index contributed by atoms with van der Waals surface area (Å²) in [5.74, 6) is 0. The molecule has 0 bridgehead atoms. The van der Waals surface area contributed by atoms with E-state index in [0.717, 1.165) is 11.1 Å². The molecule has 1 heterocycles. The Morgan fingerprint density at radius 1 is 1.39 bits per heavy atom. The number of benzene rings is 1. The maximum absolute atomic E-state index is 10.9. The Labute approximate surface area is 105 Å². The van der Waals surface area contributed by atoms with Crippen molar-refractivity contribution in [3.8, 4) is 0 Å². The first-order valence-electron chi connectivity index (χ1n) is 5.69. The molecule has 1 aromatic heterocycles. The van der Waals surface area contributed by atoms with Crippen molar-refractivity contribution in [3.63, 3.8) is 0 Å². The van der Waals surface area contributed by atoms with Gasteiger partial charge in [0.1, 0.15) is 0 Å². The van der Waals surface area contributed by atoms with E-state index in [1.165, 1.54) is 6.07 Å². The summed E-state index contributed by atoms with van der Waals surface area (Å²) < 4.78 is 1.98. The summed E-state index contributed by atoms with van der Waals surface area (Å²) in [6.07, 6.45) is 3.89. The van der Waals surface area contributed by atoms with Crippen LogP contribution in [0.4, 0.5) is 5.69 Å². The SMILES string of the molecule is Cc1c(Cn2ccc(CN)c2)cccc1[N+](=O)[O-]. The van der Waals surface area contributed by atoms with E-state index in [1.807, 2.05) is 29.1 Å². The number of nitro groups is 1. The van der Waals surface area contributed by atoms with Gasteiger partial charge in [-0.2, -0.15) is 0 Å². The van der Waals surface area contributed by atoms with Crippen LogP contribution in [0.3, 0.4) is 0 Å². The fourth-order valence-corrected chi connectivity index (χ4v) is 1.95. The van der Waals surface area contributed by atoms with E-state index >= 15 is 0 Å². The molecule has 2 N–H and O–H groups in total. The third kappa shape index (κ3) is 2.41. The van der Waals surface area contributed by atoms with Crippen LogP contribution in [-0.2, 0) is 13.1 Å². The molecule has 5 nitrogen and oxygen atoms in total. The van der Waals surface area contributed by atoms with E-state index < -0.39 is 0 Å². The van der Waals surface area contributed by atoms with Gasteiger partial charge < -0.3 is 10.3 Å². The quantitative estimate of drug-likeness (QED) is 0.663. The molecule has 0 amide bonds. The van der Waals surface area contributed by atoms with Crippen LogP contribution in [0.15, 0.2) is 36.7 Å². The van der Waals surface area contributed by atoms with E-state index in [4.69, 9.17) is 5.73 Å². The second-order valence-electron chi connectivity index (χ2n) is 4.21. The summed E-state index contributed by atoms with van der Waals surface area (Å²) in [6, 6.07) is 7.10. The van der Waals surface area contributed by atoms with Gasteiger partial charge in [0.05, 0.1) is 4.92 Å². The number of nitrogens with zero attached hydrogens (tertiary/aromatic N) is 2. The standard InChI is InChI=1S/C13H15N3O2/c1-10-12(3-2-4-13(10)16(17)18)9-15-6-5-11(7-14)8-15/h2-6,8H,7,9,14H2,1H3. The highest BCUT2D eigenvalue weighted by Gasteiger charge is 2.13. The molecule has 0 saturated heterocycles. The van der Waals surface area contributed by atoms with Gasteiger partial charge in [0.25, 0.3) is 5.69 Å². The van der Waals surface area contributed by atoms with E-state index in [0.29, 0.717) is 18.7 Å². The Morgan fingerprint density at radius 3 is 2.78 bits per heavy atom. The zero-order valence-corrected chi connectivity index (χ0v) is 10.2. The van der Waals surface area contributed by atoms with E-state index in [-0.39, 0.29) is 10.6 Å². The molecule has 18 heavy (non-hydrogen) atoms. The normalized spacial score (nSPS) is 10.6. The minimum absolute atomic E-state index is 0.165. The van der Waals surface area contributed by atoms with Crippen LogP contribution in [0.25, 0.3) is 0 Å². The summed E-state index contributed by atoms with van der Waals surface area (Å²) >= 11 is 0. The largest absolute Gasteiger partial charge is 0.350 e. The molecule has 0 aliphatic heterocycles. The Bertz CT molecular complexity index is 575. The lowest BCUT2D eigenvalue weighted by atomic mass is 10.1. The van der Waals surface area contributed by atoms with Crippen molar-refractivity contribution in [1.82, 2.24) is 4.57 Å². The third-order valence-electron chi connectivity index (χ3n) is 3.01. The van der Waals surface area contributed by atoms with Crippen molar-refractivity contribution in [1.29, 1.82) is 0 Å². The van der Waals surface area contributed by atoms with Crippen LogP contribution in [-0.4, -0.2) is 9.49 Å². The van der Waals surface area contributed by atoms with Crippen molar-refractivity contribution >= 4 is 5.69 Å². The Hall–Kier alpha value is -2.14. The molecule has 0 unspecified atom stereocenters. The van der Waals surface area contributed by atoms with Crippen LogP contribution < -0.4 is 5.73 Å². The maximum atomic E-state index is 10.9. The van der Waals surface area contributed by atoms with Crippen molar-refractivity contribution < 1.29 is 4.92 Å². The highest BCUT2D eigenvalue weighted by Crippen LogP contribution is 2.21. The molecule has 0 aliphatic rings. The zero-order chi connectivity index (χ0) is 13.1. The summed E-state index contributed by atoms with van der Waals surface area (Å²) in [6.45, 7) is 2.90. The van der Waals surface area contributed by atoms with E-state index in [2.05, 4.69) is 0 Å². The Kier molecular flexibility index (Phi) is 3.43. The molecule has 2 aromatic rings. The van der Waals surface area contributed by atoms with Gasteiger partial charge in [-0.25, -0.2) is 0 Å². The van der Waals surface area contributed by atoms with E-state index in [1.54, 1.807) is 13.0 Å². The van der Waals surface area contributed by atoms with Gasteiger partial charge in [-0.3, -0.25) is 10.1 Å². The molecule has 94 valence electrons. The van der Waals surface area contributed by atoms with E-state index in [9.17, 15) is 10.1 Å². The number of nitro benzene ring substituents is 1. The Morgan fingerprint density at radius 2 is 2.17 bits per heavy atom. The van der Waals surface area contributed by atoms with Crippen LogP contribution in [0, 0.1) is 17.0 Å². The fourth-order valence-electron chi connectivity index (χ4n) is 1.95. The number of aromatic nitrogens is 1. The van der Waals surface area contributed by atoms with Gasteiger partial charge in [-0.05, 0) is 24.1 Å². The molecular formula is C13H15N3O2. The highest BCUT2D eigenvalue weighted by atomic mass is 16.6. The first kappa shape index (κ1) is 12.3. The van der Waals surface area contributed by atoms with Gasteiger partial charge in [0, 0.05) is 37.1 Å². The molecule has 1 aromatic carbocycles. The molecule has 0 atom stereocenters. The monoisotopic (exact) mass is 245 g/mol. The van der Waals surface area contributed by atoms with Gasteiger partial charge in [0.15, 0.2) is 0 Å². The molecular weight excluding hydrogens is 230 g/mol. The molecule has 0 radical (unpaired) electrons. The van der Waals surface area contributed by atoms with Crippen LogP contribution in [0.5, 0.6) is 0 Å². The third-order valence-corrected chi connectivity index (χ3v) is 3.01. The summed E-state index contributed by atoms with van der Waals surface area (Å²) in [4.78, 5) is 10.5. The fraction of sp³-hybridized carbons (Fsp3) is 0.231. The van der Waals surface area contributed by atoms with Crippen LogP contribution in [0.2, 0.25) is 0 Å². The van der Waals surface area contributed by atoms with Crippen molar-refractivity contribution in [2.75, 3.05) is 0 Å². The predicted molar refractivity (Wildman–Crippen MR) is 69.3 cm³/mol. The number of nitrogens with two attached hydrogens (primary N) is 1. The summed E-state index contributed by atoms with van der Waals surface area (Å²) in [5.41, 5.74) is 8.43. The minimum Gasteiger partial charge on any atom is -0.350 e. The summed E-state index contributed by atoms with van der Waals surface area (Å²) in [5, 5.41) is 10.9. The Balaban J connectivity index is 2.29. The first-order chi connectivity index (χ1) is 8.61. The molecule has 0 fully saturated rings. The molecule has 0 saturated carbocycles. The number of hydrogen-bond donors (Lipinski definition) is 1. The minimum atomic E-state index is -0.347. The lowest BCUT2D eigenvalue weighted by Gasteiger charge is -2.07. The van der Waals surface area contributed by atoms with Crippen molar-refractivity contribution in [2.45, 2.75) is 20.0 Å². The van der Waals surface area contributed by atoms with Gasteiger partial charge in [-0.1, -0.05) is 12.1 Å². The van der Waals surface area contributed by atoms with Crippen LogP contribution >= 0.6 is 0 Å². The van der Waals surface area contributed by atoms with Crippen LogP contribution in [0.1, 0.15) is 16.7 Å². The van der Waals surface area contributed by atoms with Gasteiger partial charge >= 0.3 is 0 Å². The lowest BCUT2D eigenvalue weighted by Crippen LogP contribution is -2.02. The maximum Gasteiger partial charge on any atom is 0.272 e. The zero-order valence-electron chi connectivity index (χ0n) is 10.2.